The SMILES string of the molecule is Cc1cc2c(cc1Cl)CCC2N. The molecule has 2 heteroatoms. The summed E-state index contributed by atoms with van der Waals surface area (Å²) in [6.45, 7) is 2.02. The summed E-state index contributed by atoms with van der Waals surface area (Å²) in [6.07, 6.45) is 2.14. The third-order valence-electron chi connectivity index (χ3n) is 2.54. The first-order valence-corrected chi connectivity index (χ1v) is 4.61. The van der Waals surface area contributed by atoms with Gasteiger partial charge in [0.2, 0.25) is 0 Å². The number of hydrogen-bond acceptors (Lipinski definition) is 1. The molecule has 0 saturated carbocycles. The van der Waals surface area contributed by atoms with Crippen molar-refractivity contribution in [3.05, 3.63) is 33.8 Å². The van der Waals surface area contributed by atoms with Gasteiger partial charge in [-0.25, -0.2) is 0 Å². The first kappa shape index (κ1) is 8.09. The summed E-state index contributed by atoms with van der Waals surface area (Å²) >= 11 is 6.00. The normalized spacial score (nSPS) is 21.1. The standard InChI is InChI=1S/C10H12ClN/c1-6-4-8-7(5-9(6)11)2-3-10(8)12/h4-5,10H,2-3,12H2,1H3. The van der Waals surface area contributed by atoms with Gasteiger partial charge in [0.25, 0.3) is 0 Å². The van der Waals surface area contributed by atoms with Crippen molar-refractivity contribution in [2.75, 3.05) is 0 Å². The highest BCUT2D eigenvalue weighted by Gasteiger charge is 2.19. The Morgan fingerprint density at radius 2 is 2.25 bits per heavy atom. The minimum Gasteiger partial charge on any atom is -0.324 e. The Morgan fingerprint density at radius 3 is 3.00 bits per heavy atom. The highest BCUT2D eigenvalue weighted by Crippen LogP contribution is 2.32. The van der Waals surface area contributed by atoms with E-state index in [1.165, 1.54) is 11.1 Å². The van der Waals surface area contributed by atoms with Gasteiger partial charge in [0.1, 0.15) is 0 Å². The molecule has 0 radical (unpaired) electrons. The Bertz CT molecular complexity index is 320. The average molecular weight is 182 g/mol. The van der Waals surface area contributed by atoms with Gasteiger partial charge >= 0.3 is 0 Å². The number of halogens is 1. The third kappa shape index (κ3) is 1.13. The molecule has 1 nitrogen and oxygen atoms in total. The molecule has 0 spiro atoms. The van der Waals surface area contributed by atoms with Crippen molar-refractivity contribution in [1.82, 2.24) is 0 Å². The first-order chi connectivity index (χ1) is 5.68. The minimum absolute atomic E-state index is 0.232. The highest BCUT2D eigenvalue weighted by atomic mass is 35.5. The van der Waals surface area contributed by atoms with Crippen LogP contribution in [0.2, 0.25) is 5.02 Å². The zero-order valence-electron chi connectivity index (χ0n) is 7.10. The number of benzene rings is 1. The van der Waals surface area contributed by atoms with E-state index >= 15 is 0 Å². The average Bonchev–Trinajstić information content (AvgIpc) is 2.35. The third-order valence-corrected chi connectivity index (χ3v) is 2.95. The molecule has 1 atom stereocenters. The van der Waals surface area contributed by atoms with Gasteiger partial charge in [-0.2, -0.15) is 0 Å². The summed E-state index contributed by atoms with van der Waals surface area (Å²) in [5, 5.41) is 0.864. The van der Waals surface area contributed by atoms with Crippen LogP contribution in [0.25, 0.3) is 0 Å². The van der Waals surface area contributed by atoms with E-state index in [4.69, 9.17) is 17.3 Å². The molecule has 0 amide bonds. The van der Waals surface area contributed by atoms with Crippen molar-refractivity contribution in [2.45, 2.75) is 25.8 Å². The zero-order chi connectivity index (χ0) is 8.72. The largest absolute Gasteiger partial charge is 0.324 e. The van der Waals surface area contributed by atoms with E-state index in [2.05, 4.69) is 12.1 Å². The number of fused-ring (bicyclic) bond motifs is 1. The van der Waals surface area contributed by atoms with Gasteiger partial charge in [-0.3, -0.25) is 0 Å². The van der Waals surface area contributed by atoms with Crippen LogP contribution in [0, 0.1) is 6.92 Å². The van der Waals surface area contributed by atoms with Crippen LogP contribution in [0.4, 0.5) is 0 Å². The van der Waals surface area contributed by atoms with Gasteiger partial charge < -0.3 is 5.73 Å². The lowest BCUT2D eigenvalue weighted by atomic mass is 10.1. The molecule has 0 heterocycles. The second-order valence-corrected chi connectivity index (χ2v) is 3.85. The molecule has 64 valence electrons. The van der Waals surface area contributed by atoms with Crippen LogP contribution in [-0.4, -0.2) is 0 Å². The van der Waals surface area contributed by atoms with E-state index in [0.717, 1.165) is 23.4 Å². The Hall–Kier alpha value is -0.530. The molecule has 0 saturated heterocycles. The number of aryl methyl sites for hydroxylation is 2. The van der Waals surface area contributed by atoms with Crippen molar-refractivity contribution in [3.8, 4) is 0 Å². The fraction of sp³-hybridized carbons (Fsp3) is 0.400. The second kappa shape index (κ2) is 2.75. The maximum Gasteiger partial charge on any atom is 0.0438 e. The predicted octanol–water partition coefficient (Wildman–Crippen LogP) is 2.59. The van der Waals surface area contributed by atoms with E-state index in [0.29, 0.717) is 0 Å². The highest BCUT2D eigenvalue weighted by molar-refractivity contribution is 6.31. The molecule has 2 rings (SSSR count). The number of nitrogens with two attached hydrogens (primary N) is 1. The van der Waals surface area contributed by atoms with Gasteiger partial charge in [-0.15, -0.1) is 0 Å². The molecule has 1 unspecified atom stereocenters. The predicted molar refractivity (Wildman–Crippen MR) is 51.4 cm³/mol. The molecule has 12 heavy (non-hydrogen) atoms. The van der Waals surface area contributed by atoms with Crippen LogP contribution >= 0.6 is 11.6 Å². The summed E-state index contributed by atoms with van der Waals surface area (Å²) < 4.78 is 0. The van der Waals surface area contributed by atoms with Crippen LogP contribution < -0.4 is 5.73 Å². The van der Waals surface area contributed by atoms with Crippen molar-refractivity contribution >= 4 is 11.6 Å². The summed E-state index contributed by atoms with van der Waals surface area (Å²) in [5.41, 5.74) is 9.67. The van der Waals surface area contributed by atoms with Gasteiger partial charge in [0.15, 0.2) is 0 Å². The molecule has 1 aromatic carbocycles. The van der Waals surface area contributed by atoms with Crippen molar-refractivity contribution in [2.24, 2.45) is 5.73 Å². The lowest BCUT2D eigenvalue weighted by Gasteiger charge is -2.06. The molecule has 1 aliphatic rings. The summed E-state index contributed by atoms with van der Waals surface area (Å²) in [7, 11) is 0. The lowest BCUT2D eigenvalue weighted by Crippen LogP contribution is -2.05. The smallest absolute Gasteiger partial charge is 0.0438 e. The molecule has 1 aromatic rings. The Kier molecular flexibility index (Phi) is 1.85. The topological polar surface area (TPSA) is 26.0 Å². The summed E-state index contributed by atoms with van der Waals surface area (Å²) in [5.74, 6) is 0. The van der Waals surface area contributed by atoms with Crippen molar-refractivity contribution < 1.29 is 0 Å². The summed E-state index contributed by atoms with van der Waals surface area (Å²) in [4.78, 5) is 0. The molecule has 0 fully saturated rings. The second-order valence-electron chi connectivity index (χ2n) is 3.45. The van der Waals surface area contributed by atoms with Gasteiger partial charge in [0, 0.05) is 11.1 Å². The van der Waals surface area contributed by atoms with E-state index in [-0.39, 0.29) is 6.04 Å². The van der Waals surface area contributed by atoms with Crippen LogP contribution in [0.1, 0.15) is 29.2 Å². The molecular weight excluding hydrogens is 170 g/mol. The minimum atomic E-state index is 0.232. The fourth-order valence-electron chi connectivity index (χ4n) is 1.77. The molecule has 0 aromatic heterocycles. The van der Waals surface area contributed by atoms with E-state index in [1.807, 2.05) is 6.92 Å². The summed E-state index contributed by atoms with van der Waals surface area (Å²) in [6, 6.07) is 4.41. The van der Waals surface area contributed by atoms with Gasteiger partial charge in [-0.1, -0.05) is 17.7 Å². The van der Waals surface area contributed by atoms with Crippen LogP contribution in [0.15, 0.2) is 12.1 Å². The van der Waals surface area contributed by atoms with Crippen LogP contribution in [-0.2, 0) is 6.42 Å². The monoisotopic (exact) mass is 181 g/mol. The molecule has 0 aliphatic heterocycles. The first-order valence-electron chi connectivity index (χ1n) is 4.23. The maximum absolute atomic E-state index is 6.00. The number of rotatable bonds is 0. The van der Waals surface area contributed by atoms with Crippen molar-refractivity contribution in [1.29, 1.82) is 0 Å². The van der Waals surface area contributed by atoms with E-state index < -0.39 is 0 Å². The van der Waals surface area contributed by atoms with Crippen LogP contribution in [0.3, 0.4) is 0 Å². The Morgan fingerprint density at radius 1 is 1.50 bits per heavy atom. The quantitative estimate of drug-likeness (QED) is 0.654. The van der Waals surface area contributed by atoms with Gasteiger partial charge in [0.05, 0.1) is 0 Å². The van der Waals surface area contributed by atoms with Crippen molar-refractivity contribution in [3.63, 3.8) is 0 Å². The van der Waals surface area contributed by atoms with Gasteiger partial charge in [-0.05, 0) is 42.5 Å². The lowest BCUT2D eigenvalue weighted by molar-refractivity contribution is 0.713. The maximum atomic E-state index is 6.00. The molecule has 1 aliphatic carbocycles. The van der Waals surface area contributed by atoms with Crippen LogP contribution in [0.5, 0.6) is 0 Å². The Balaban J connectivity index is 2.56. The molecule has 2 N–H and O–H groups in total. The molecule has 0 bridgehead atoms. The molecular formula is C10H12ClN. The fourth-order valence-corrected chi connectivity index (χ4v) is 1.96. The Labute approximate surface area is 77.5 Å². The zero-order valence-corrected chi connectivity index (χ0v) is 7.86. The van der Waals surface area contributed by atoms with E-state index in [1.54, 1.807) is 0 Å². The van der Waals surface area contributed by atoms with E-state index in [9.17, 15) is 0 Å². The number of hydrogen-bond donors (Lipinski definition) is 1.